The lowest BCUT2D eigenvalue weighted by Gasteiger charge is -2.30. The number of aliphatic imine (C=N–C) groups is 1. The summed E-state index contributed by atoms with van der Waals surface area (Å²) >= 11 is 0. The Morgan fingerprint density at radius 1 is 0.941 bits per heavy atom. The fourth-order valence-corrected chi connectivity index (χ4v) is 4.42. The van der Waals surface area contributed by atoms with Crippen LogP contribution in [0.2, 0.25) is 0 Å². The molecule has 0 radical (unpaired) electrons. The maximum absolute atomic E-state index is 6.19. The molecule has 34 heavy (non-hydrogen) atoms. The maximum Gasteiger partial charge on any atom is 0.253 e. The van der Waals surface area contributed by atoms with E-state index in [4.69, 9.17) is 24.5 Å². The van der Waals surface area contributed by atoms with Crippen LogP contribution in [-0.4, -0.2) is 55.5 Å². The lowest BCUT2D eigenvalue weighted by molar-refractivity contribution is -0.130. The van der Waals surface area contributed by atoms with E-state index in [-0.39, 0.29) is 0 Å². The molecule has 2 aliphatic rings. The van der Waals surface area contributed by atoms with Gasteiger partial charge in [0.15, 0.2) is 5.96 Å². The van der Waals surface area contributed by atoms with Gasteiger partial charge in [-0.3, -0.25) is 0 Å². The molecule has 8 heteroatoms. The van der Waals surface area contributed by atoms with Crippen molar-refractivity contribution in [1.29, 1.82) is 0 Å². The lowest BCUT2D eigenvalue weighted by atomic mass is 9.80. The molecule has 0 spiro atoms. The topological polar surface area (TPSA) is 95.3 Å². The summed E-state index contributed by atoms with van der Waals surface area (Å²) in [6, 6.07) is 20.2. The second-order valence-electron chi connectivity index (χ2n) is 9.01. The number of aromatic nitrogens is 1. The molecule has 0 aliphatic carbocycles. The number of nitrogens with zero attached hydrogens (tertiary/aromatic N) is 3. The van der Waals surface area contributed by atoms with Gasteiger partial charge in [-0.1, -0.05) is 67.5 Å². The van der Waals surface area contributed by atoms with E-state index in [0.717, 1.165) is 22.4 Å². The van der Waals surface area contributed by atoms with Crippen LogP contribution in [0, 0.1) is 0 Å². The molecular weight excluding hydrogens is 432 g/mol. The van der Waals surface area contributed by atoms with Crippen molar-refractivity contribution in [3.63, 3.8) is 0 Å². The Kier molecular flexibility index (Phi) is 6.12. The molecule has 2 aliphatic heterocycles. The Morgan fingerprint density at radius 2 is 1.65 bits per heavy atom. The van der Waals surface area contributed by atoms with Gasteiger partial charge in [-0.2, -0.15) is 4.99 Å². The van der Waals surface area contributed by atoms with E-state index in [1.165, 1.54) is 0 Å². The van der Waals surface area contributed by atoms with Crippen LogP contribution in [0.4, 0.5) is 5.88 Å². The smallest absolute Gasteiger partial charge is 0.253 e. The second kappa shape index (κ2) is 9.21. The van der Waals surface area contributed by atoms with Crippen molar-refractivity contribution in [2.24, 2.45) is 10.7 Å². The van der Waals surface area contributed by atoms with Gasteiger partial charge in [0.25, 0.3) is 5.88 Å². The summed E-state index contributed by atoms with van der Waals surface area (Å²) in [4.78, 5) is 6.41. The third kappa shape index (κ3) is 4.20. The predicted molar refractivity (Wildman–Crippen MR) is 128 cm³/mol. The van der Waals surface area contributed by atoms with Crippen LogP contribution in [0.25, 0.3) is 0 Å². The van der Waals surface area contributed by atoms with E-state index in [1.54, 1.807) is 0 Å². The molecule has 8 nitrogen and oxygen atoms in total. The minimum absolute atomic E-state index is 0.381. The van der Waals surface area contributed by atoms with Gasteiger partial charge in [0.05, 0.1) is 32.1 Å². The number of guanidine groups is 1. The first-order chi connectivity index (χ1) is 16.5. The first kappa shape index (κ1) is 22.6. The van der Waals surface area contributed by atoms with E-state index in [9.17, 15) is 0 Å². The summed E-state index contributed by atoms with van der Waals surface area (Å²) in [7, 11) is 0. The Morgan fingerprint density at radius 3 is 2.38 bits per heavy atom. The Bertz CT molecular complexity index is 1150. The molecule has 2 fully saturated rings. The van der Waals surface area contributed by atoms with Crippen LogP contribution in [0.15, 0.2) is 70.2 Å². The van der Waals surface area contributed by atoms with Crippen LogP contribution in [0.5, 0.6) is 0 Å². The third-order valence-corrected chi connectivity index (χ3v) is 6.51. The minimum Gasteiger partial charge on any atom is -0.378 e. The van der Waals surface area contributed by atoms with Crippen LogP contribution in [0.1, 0.15) is 36.2 Å². The van der Waals surface area contributed by atoms with Crippen molar-refractivity contribution in [2.45, 2.75) is 25.0 Å². The summed E-state index contributed by atoms with van der Waals surface area (Å²) < 4.78 is 23.3. The molecular formula is C26H30N4O4. The summed E-state index contributed by atoms with van der Waals surface area (Å²) in [6.07, 6.45) is 0. The molecule has 1 aromatic heterocycles. The van der Waals surface area contributed by atoms with E-state index >= 15 is 0 Å². The zero-order valence-corrected chi connectivity index (χ0v) is 19.6. The van der Waals surface area contributed by atoms with Crippen molar-refractivity contribution >= 4 is 11.8 Å². The van der Waals surface area contributed by atoms with Gasteiger partial charge in [0, 0.05) is 35.7 Å². The quantitative estimate of drug-likeness (QED) is 0.458. The van der Waals surface area contributed by atoms with Crippen molar-refractivity contribution < 1.29 is 18.7 Å². The fraction of sp³-hybridized carbons (Fsp3) is 0.385. The van der Waals surface area contributed by atoms with Gasteiger partial charge >= 0.3 is 0 Å². The Hall–Kier alpha value is -3.20. The van der Waals surface area contributed by atoms with Crippen molar-refractivity contribution in [3.05, 3.63) is 83.0 Å². The molecule has 5 rings (SSSR count). The van der Waals surface area contributed by atoms with Gasteiger partial charge in [0.1, 0.15) is 0 Å². The highest BCUT2D eigenvalue weighted by molar-refractivity contribution is 5.80. The summed E-state index contributed by atoms with van der Waals surface area (Å²) in [6.45, 7) is 7.99. The van der Waals surface area contributed by atoms with Crippen LogP contribution in [-0.2, 0) is 25.4 Å². The highest BCUT2D eigenvalue weighted by atomic mass is 16.7. The molecule has 3 heterocycles. The number of nitrogens with two attached hydrogens (primary N) is 1. The molecule has 0 unspecified atom stereocenters. The molecule has 0 amide bonds. The SMILES string of the molecule is CC(C)(c1cccc(C2(c3ccccc3)OCCO2)c1)c1cc(/N=C(\N)N2CCOCC2)on1. The van der Waals surface area contributed by atoms with Gasteiger partial charge in [-0.25, -0.2) is 0 Å². The van der Waals surface area contributed by atoms with Crippen LogP contribution >= 0.6 is 0 Å². The van der Waals surface area contributed by atoms with Crippen molar-refractivity contribution in [1.82, 2.24) is 10.1 Å². The molecule has 3 aromatic rings. The van der Waals surface area contributed by atoms with Gasteiger partial charge < -0.3 is 29.4 Å². The molecule has 2 aromatic carbocycles. The van der Waals surface area contributed by atoms with E-state index in [1.807, 2.05) is 53.4 Å². The molecule has 178 valence electrons. The first-order valence-corrected chi connectivity index (χ1v) is 11.6. The summed E-state index contributed by atoms with van der Waals surface area (Å²) in [5.74, 6) is -0.128. The number of benzene rings is 2. The fourth-order valence-electron chi connectivity index (χ4n) is 4.42. The zero-order chi connectivity index (χ0) is 23.6. The molecule has 0 atom stereocenters. The molecule has 2 N–H and O–H groups in total. The number of morpholine rings is 1. The Balaban J connectivity index is 1.44. The maximum atomic E-state index is 6.19. The monoisotopic (exact) mass is 462 g/mol. The average molecular weight is 463 g/mol. The largest absolute Gasteiger partial charge is 0.378 e. The van der Waals surface area contributed by atoms with E-state index in [0.29, 0.717) is 51.4 Å². The standard InChI is InChI=1S/C26H30N4O4/c1-25(2,22-18-23(34-29-22)28-24(27)30-11-13-31-14-12-30)20-9-6-10-21(17-20)26(32-15-16-33-26)19-7-4-3-5-8-19/h3-10,17-18H,11-16H2,1-2H3,(H2,27,28). The lowest BCUT2D eigenvalue weighted by Crippen LogP contribution is -2.44. The van der Waals surface area contributed by atoms with E-state index < -0.39 is 11.2 Å². The van der Waals surface area contributed by atoms with Crippen LogP contribution in [0.3, 0.4) is 0 Å². The van der Waals surface area contributed by atoms with Crippen LogP contribution < -0.4 is 5.73 Å². The van der Waals surface area contributed by atoms with E-state index in [2.05, 4.69) is 36.1 Å². The zero-order valence-electron chi connectivity index (χ0n) is 19.6. The third-order valence-electron chi connectivity index (χ3n) is 6.51. The normalized spacial score (nSPS) is 18.9. The Labute approximate surface area is 199 Å². The molecule has 0 bridgehead atoms. The van der Waals surface area contributed by atoms with Gasteiger partial charge in [-0.05, 0) is 11.6 Å². The predicted octanol–water partition coefficient (Wildman–Crippen LogP) is 3.53. The summed E-state index contributed by atoms with van der Waals surface area (Å²) in [5.41, 5.74) is 9.47. The number of hydrogen-bond acceptors (Lipinski definition) is 6. The minimum atomic E-state index is -0.917. The number of rotatable bonds is 5. The first-order valence-electron chi connectivity index (χ1n) is 11.6. The van der Waals surface area contributed by atoms with Crippen molar-refractivity contribution in [3.8, 4) is 0 Å². The molecule has 0 saturated carbocycles. The summed E-state index contributed by atoms with van der Waals surface area (Å²) in [5, 5.41) is 4.32. The molecule has 2 saturated heterocycles. The average Bonchev–Trinajstić information content (AvgIpc) is 3.57. The van der Waals surface area contributed by atoms with Gasteiger partial charge in [-0.15, -0.1) is 0 Å². The number of hydrogen-bond donors (Lipinski definition) is 1. The second-order valence-corrected chi connectivity index (χ2v) is 9.01. The van der Waals surface area contributed by atoms with Crippen molar-refractivity contribution in [2.75, 3.05) is 39.5 Å². The van der Waals surface area contributed by atoms with Gasteiger partial charge in [0.2, 0.25) is 5.79 Å². The number of ether oxygens (including phenoxy) is 3. The highest BCUT2D eigenvalue weighted by Crippen LogP contribution is 2.41. The highest BCUT2D eigenvalue weighted by Gasteiger charge is 2.41.